The summed E-state index contributed by atoms with van der Waals surface area (Å²) in [5.41, 5.74) is 6.60. The van der Waals surface area contributed by atoms with Gasteiger partial charge in [-0.05, 0) is 0 Å². The number of carbonyl (C=O) groups is 3. The summed E-state index contributed by atoms with van der Waals surface area (Å²) in [4.78, 5) is 30.8. The number of amides is 2. The fourth-order valence-corrected chi connectivity index (χ4v) is 1.05. The van der Waals surface area contributed by atoms with Gasteiger partial charge in [0.1, 0.15) is 0 Å². The molecule has 0 bridgehead atoms. The maximum atomic E-state index is 10.9. The van der Waals surface area contributed by atoms with Gasteiger partial charge in [-0.25, -0.2) is 4.79 Å². The number of benzene rings is 1. The Hall–Kier alpha value is -2.41. The molecule has 0 radical (unpaired) electrons. The number of aliphatic carboxylic acids is 1. The predicted octanol–water partition coefficient (Wildman–Crippen LogP) is -1.06. The number of aliphatic hydroxyl groups is 1. The Morgan fingerprint density at radius 3 is 1.78 bits per heavy atom. The third kappa shape index (κ3) is 3.87. The molecule has 0 aliphatic rings. The van der Waals surface area contributed by atoms with E-state index in [0.29, 0.717) is 0 Å². The highest BCUT2D eigenvalue weighted by molar-refractivity contribution is 6.05. The lowest BCUT2D eigenvalue weighted by Crippen LogP contribution is -2.47. The van der Waals surface area contributed by atoms with E-state index in [0.717, 1.165) is 0 Å². The number of carboxylic acids is 1. The summed E-state index contributed by atoms with van der Waals surface area (Å²) in [6.45, 7) is 1.31. The Bertz CT molecular complexity index is 426. The van der Waals surface area contributed by atoms with E-state index in [1.54, 1.807) is 6.07 Å². The summed E-state index contributed by atoms with van der Waals surface area (Å²) in [6.07, 6.45) is 0. The maximum absolute atomic E-state index is 10.9. The Balaban J connectivity index is 0.000000631. The number of carboxylic acid groups (broad SMARTS) is 1. The standard InChI is InChI=1S/C9H9NO4.C2H5NO/c10-7(11)9(14,8(12)13)6-4-2-1-3-5-6;1-2(3)4/h1-5,14H,(H2,10,11)(H,12,13);1H3,(H2,3,4). The van der Waals surface area contributed by atoms with Crippen LogP contribution in [0.3, 0.4) is 0 Å². The van der Waals surface area contributed by atoms with Crippen LogP contribution in [0.2, 0.25) is 0 Å². The number of carbonyl (C=O) groups excluding carboxylic acids is 2. The monoisotopic (exact) mass is 254 g/mol. The van der Waals surface area contributed by atoms with Crippen molar-refractivity contribution in [1.29, 1.82) is 0 Å². The fraction of sp³-hybridized carbons (Fsp3) is 0.182. The molecule has 1 unspecified atom stereocenters. The predicted molar refractivity (Wildman–Crippen MR) is 62.0 cm³/mol. The summed E-state index contributed by atoms with van der Waals surface area (Å²) in [7, 11) is 0. The van der Waals surface area contributed by atoms with Gasteiger partial charge in [-0.2, -0.15) is 0 Å². The summed E-state index contributed by atoms with van der Waals surface area (Å²) in [6, 6.07) is 7.28. The number of rotatable bonds is 3. The topological polar surface area (TPSA) is 144 Å². The first kappa shape index (κ1) is 15.6. The highest BCUT2D eigenvalue weighted by atomic mass is 16.4. The van der Waals surface area contributed by atoms with Crippen LogP contribution in [0.25, 0.3) is 0 Å². The average molecular weight is 254 g/mol. The summed E-state index contributed by atoms with van der Waals surface area (Å²) in [5, 5.41) is 18.3. The van der Waals surface area contributed by atoms with Crippen LogP contribution in [-0.4, -0.2) is 28.0 Å². The van der Waals surface area contributed by atoms with E-state index < -0.39 is 17.5 Å². The van der Waals surface area contributed by atoms with E-state index in [4.69, 9.17) is 10.8 Å². The van der Waals surface area contributed by atoms with Crippen molar-refractivity contribution >= 4 is 17.8 Å². The van der Waals surface area contributed by atoms with Crippen LogP contribution in [0, 0.1) is 0 Å². The van der Waals surface area contributed by atoms with Crippen LogP contribution < -0.4 is 11.5 Å². The molecule has 18 heavy (non-hydrogen) atoms. The van der Waals surface area contributed by atoms with E-state index in [9.17, 15) is 19.5 Å². The van der Waals surface area contributed by atoms with Crippen molar-refractivity contribution in [2.75, 3.05) is 0 Å². The Morgan fingerprint density at radius 2 is 1.50 bits per heavy atom. The van der Waals surface area contributed by atoms with Gasteiger partial charge in [0, 0.05) is 12.5 Å². The van der Waals surface area contributed by atoms with Crippen LogP contribution in [0.5, 0.6) is 0 Å². The number of nitrogens with two attached hydrogens (primary N) is 2. The van der Waals surface area contributed by atoms with Crippen molar-refractivity contribution in [2.24, 2.45) is 11.5 Å². The molecule has 1 aromatic rings. The molecule has 0 saturated heterocycles. The zero-order valence-electron chi connectivity index (χ0n) is 9.66. The van der Waals surface area contributed by atoms with Crippen molar-refractivity contribution in [3.8, 4) is 0 Å². The van der Waals surface area contributed by atoms with E-state index in [1.807, 2.05) is 0 Å². The van der Waals surface area contributed by atoms with Crippen LogP contribution in [0.4, 0.5) is 0 Å². The molecule has 0 aromatic heterocycles. The lowest BCUT2D eigenvalue weighted by molar-refractivity contribution is -0.166. The Labute approximate surface area is 103 Å². The van der Waals surface area contributed by atoms with Crippen LogP contribution in [-0.2, 0) is 20.0 Å². The van der Waals surface area contributed by atoms with Gasteiger partial charge in [0.2, 0.25) is 5.91 Å². The highest BCUT2D eigenvalue weighted by Crippen LogP contribution is 2.20. The molecule has 2 amide bonds. The molecule has 7 heteroatoms. The van der Waals surface area contributed by atoms with E-state index in [-0.39, 0.29) is 11.5 Å². The van der Waals surface area contributed by atoms with Crippen LogP contribution >= 0.6 is 0 Å². The van der Waals surface area contributed by atoms with Gasteiger partial charge in [-0.15, -0.1) is 0 Å². The van der Waals surface area contributed by atoms with Crippen LogP contribution in [0.15, 0.2) is 30.3 Å². The second-order valence-corrected chi connectivity index (χ2v) is 3.36. The van der Waals surface area contributed by atoms with Crippen molar-refractivity contribution < 1.29 is 24.6 Å². The third-order valence-corrected chi connectivity index (χ3v) is 1.86. The van der Waals surface area contributed by atoms with E-state index in [2.05, 4.69) is 5.73 Å². The minimum atomic E-state index is -2.65. The molecule has 0 saturated carbocycles. The molecule has 6 N–H and O–H groups in total. The van der Waals surface area contributed by atoms with Gasteiger partial charge in [0.25, 0.3) is 11.5 Å². The molecular weight excluding hydrogens is 240 g/mol. The molecule has 0 spiro atoms. The number of hydrogen-bond acceptors (Lipinski definition) is 4. The molecule has 0 heterocycles. The van der Waals surface area contributed by atoms with E-state index in [1.165, 1.54) is 31.2 Å². The van der Waals surface area contributed by atoms with Crippen molar-refractivity contribution in [2.45, 2.75) is 12.5 Å². The Morgan fingerprint density at radius 1 is 1.11 bits per heavy atom. The maximum Gasteiger partial charge on any atom is 0.350 e. The summed E-state index contributed by atoms with van der Waals surface area (Å²) >= 11 is 0. The molecule has 98 valence electrons. The zero-order chi connectivity index (χ0) is 14.3. The first-order valence-electron chi connectivity index (χ1n) is 4.80. The first-order valence-corrected chi connectivity index (χ1v) is 4.80. The second kappa shape index (κ2) is 6.36. The first-order chi connectivity index (χ1) is 8.22. The molecule has 1 rings (SSSR count). The van der Waals surface area contributed by atoms with Crippen molar-refractivity contribution in [1.82, 2.24) is 0 Å². The molecular formula is C11H14N2O5. The van der Waals surface area contributed by atoms with Gasteiger partial charge in [-0.3, -0.25) is 9.59 Å². The molecule has 1 atom stereocenters. The molecule has 1 aromatic carbocycles. The Kier molecular flexibility index (Phi) is 5.50. The van der Waals surface area contributed by atoms with Gasteiger partial charge in [0.15, 0.2) is 0 Å². The fourth-order valence-electron chi connectivity index (χ4n) is 1.05. The summed E-state index contributed by atoms with van der Waals surface area (Å²) in [5.74, 6) is -3.33. The average Bonchev–Trinajstić information content (AvgIpc) is 2.27. The normalized spacial score (nSPS) is 12.6. The second-order valence-electron chi connectivity index (χ2n) is 3.36. The smallest absolute Gasteiger partial charge is 0.350 e. The molecule has 7 nitrogen and oxygen atoms in total. The van der Waals surface area contributed by atoms with Crippen LogP contribution in [0.1, 0.15) is 12.5 Å². The lowest BCUT2D eigenvalue weighted by Gasteiger charge is -2.19. The third-order valence-electron chi connectivity index (χ3n) is 1.86. The molecule has 0 aliphatic heterocycles. The largest absolute Gasteiger partial charge is 0.478 e. The minimum absolute atomic E-state index is 0.0556. The van der Waals surface area contributed by atoms with E-state index >= 15 is 0 Å². The highest BCUT2D eigenvalue weighted by Gasteiger charge is 2.44. The zero-order valence-corrected chi connectivity index (χ0v) is 9.66. The number of primary amides is 2. The van der Waals surface area contributed by atoms with Gasteiger partial charge < -0.3 is 21.7 Å². The van der Waals surface area contributed by atoms with Gasteiger partial charge in [-0.1, -0.05) is 30.3 Å². The summed E-state index contributed by atoms with van der Waals surface area (Å²) < 4.78 is 0. The molecule has 0 fully saturated rings. The van der Waals surface area contributed by atoms with Crippen molar-refractivity contribution in [3.05, 3.63) is 35.9 Å². The quantitative estimate of drug-likeness (QED) is 0.508. The van der Waals surface area contributed by atoms with Gasteiger partial charge in [0.05, 0.1) is 0 Å². The SMILES string of the molecule is CC(N)=O.NC(=O)C(O)(C(=O)O)c1ccccc1. The number of hydrogen-bond donors (Lipinski definition) is 4. The van der Waals surface area contributed by atoms with Gasteiger partial charge >= 0.3 is 5.97 Å². The minimum Gasteiger partial charge on any atom is -0.478 e. The van der Waals surface area contributed by atoms with Crippen molar-refractivity contribution in [3.63, 3.8) is 0 Å². The molecule has 0 aliphatic carbocycles. The lowest BCUT2D eigenvalue weighted by atomic mass is 9.93.